The van der Waals surface area contributed by atoms with Gasteiger partial charge in [0, 0.05) is 6.20 Å². The van der Waals surface area contributed by atoms with Gasteiger partial charge in [0.25, 0.3) is 0 Å². The Kier molecular flexibility index (Phi) is 3.96. The number of fused-ring (bicyclic) bond motifs is 1. The maximum absolute atomic E-state index is 13.6. The summed E-state index contributed by atoms with van der Waals surface area (Å²) < 4.78 is 28.3. The first-order valence-corrected chi connectivity index (χ1v) is 8.30. The van der Waals surface area contributed by atoms with Crippen molar-refractivity contribution in [2.75, 3.05) is 5.32 Å². The number of aliphatic hydroxyl groups excluding tert-OH is 1. The molecule has 2 heterocycles. The van der Waals surface area contributed by atoms with E-state index in [1.165, 1.54) is 12.1 Å². The van der Waals surface area contributed by atoms with Crippen LogP contribution >= 0.6 is 0 Å². The quantitative estimate of drug-likeness (QED) is 0.753. The number of halogens is 2. The number of aromatic nitrogens is 2. The summed E-state index contributed by atoms with van der Waals surface area (Å²) in [5, 5.41) is 12.2. The number of aliphatic hydroxyl groups is 1. The Morgan fingerprint density at radius 1 is 1.38 bits per heavy atom. The van der Waals surface area contributed by atoms with E-state index >= 15 is 0 Å². The second-order valence-electron chi connectivity index (χ2n) is 6.57. The van der Waals surface area contributed by atoms with Gasteiger partial charge in [0.2, 0.25) is 5.91 Å². The average Bonchev–Trinajstić information content (AvgIpc) is 3.19. The second kappa shape index (κ2) is 6.17. The van der Waals surface area contributed by atoms with E-state index in [0.717, 1.165) is 11.1 Å². The van der Waals surface area contributed by atoms with Crippen LogP contribution in [0.1, 0.15) is 17.5 Å². The smallest absolute Gasteiger partial charge is 0.231 e. The zero-order valence-corrected chi connectivity index (χ0v) is 14.0. The van der Waals surface area contributed by atoms with E-state index in [1.807, 2.05) is 6.07 Å². The molecule has 1 aliphatic carbocycles. The van der Waals surface area contributed by atoms with Crippen molar-refractivity contribution >= 4 is 17.4 Å². The molecular formula is C19H17F2N3O2. The lowest BCUT2D eigenvalue weighted by atomic mass is 9.96. The predicted octanol–water partition coefficient (Wildman–Crippen LogP) is 3.24. The number of alkyl halides is 1. The highest BCUT2D eigenvalue weighted by Gasteiger charge is 2.43. The van der Waals surface area contributed by atoms with Crippen molar-refractivity contribution < 1.29 is 18.7 Å². The van der Waals surface area contributed by atoms with E-state index in [0.29, 0.717) is 22.6 Å². The molecule has 0 saturated heterocycles. The molecule has 1 aromatic carbocycles. The van der Waals surface area contributed by atoms with Crippen molar-refractivity contribution in [1.82, 2.24) is 9.38 Å². The Hall–Kier alpha value is -2.80. The molecule has 26 heavy (non-hydrogen) atoms. The monoisotopic (exact) mass is 357 g/mol. The summed E-state index contributed by atoms with van der Waals surface area (Å²) in [7, 11) is 0. The number of nitrogens with zero attached hydrogens (tertiary/aromatic N) is 2. The van der Waals surface area contributed by atoms with Gasteiger partial charge in [0.15, 0.2) is 5.82 Å². The van der Waals surface area contributed by atoms with Crippen molar-refractivity contribution in [2.24, 2.45) is 5.92 Å². The van der Waals surface area contributed by atoms with Gasteiger partial charge in [0.1, 0.15) is 17.6 Å². The number of rotatable bonds is 4. The third-order valence-corrected chi connectivity index (χ3v) is 4.59. The number of benzene rings is 1. The molecule has 0 aliphatic heterocycles. The largest absolute Gasteiger partial charge is 0.392 e. The summed E-state index contributed by atoms with van der Waals surface area (Å²) >= 11 is 0. The van der Waals surface area contributed by atoms with Crippen molar-refractivity contribution in [1.29, 1.82) is 0 Å². The number of carbonyl (C=O) groups excluding carboxylic acids is 1. The zero-order valence-electron chi connectivity index (χ0n) is 14.0. The summed E-state index contributed by atoms with van der Waals surface area (Å²) in [4.78, 5) is 16.1. The number of hydrogen-bond donors (Lipinski definition) is 2. The van der Waals surface area contributed by atoms with Gasteiger partial charge < -0.3 is 14.8 Å². The molecule has 0 radical (unpaired) electrons. The average molecular weight is 357 g/mol. The highest BCUT2D eigenvalue weighted by atomic mass is 19.1. The van der Waals surface area contributed by atoms with Gasteiger partial charge in [-0.3, -0.25) is 4.79 Å². The van der Waals surface area contributed by atoms with Crippen LogP contribution in [0.5, 0.6) is 0 Å². The number of hydrogen-bond acceptors (Lipinski definition) is 3. The maximum atomic E-state index is 13.6. The molecule has 4 rings (SSSR count). The minimum absolute atomic E-state index is 0.261. The van der Waals surface area contributed by atoms with Crippen LogP contribution in [-0.2, 0) is 11.4 Å². The van der Waals surface area contributed by atoms with Crippen molar-refractivity contribution in [2.45, 2.75) is 26.1 Å². The highest BCUT2D eigenvalue weighted by molar-refractivity contribution is 5.94. The third-order valence-electron chi connectivity index (χ3n) is 4.59. The predicted molar refractivity (Wildman–Crippen MR) is 92.9 cm³/mol. The summed E-state index contributed by atoms with van der Waals surface area (Å²) in [5.41, 5.74) is 3.37. The molecule has 1 saturated carbocycles. The van der Waals surface area contributed by atoms with Crippen molar-refractivity contribution in [3.05, 3.63) is 53.6 Å². The number of aryl methyl sites for hydroxylation is 1. The summed E-state index contributed by atoms with van der Waals surface area (Å²) in [6, 6.07) is 6.33. The van der Waals surface area contributed by atoms with E-state index in [1.54, 1.807) is 29.8 Å². The molecule has 0 bridgehead atoms. The van der Waals surface area contributed by atoms with Crippen molar-refractivity contribution in [3.63, 3.8) is 0 Å². The van der Waals surface area contributed by atoms with E-state index in [-0.39, 0.29) is 18.9 Å². The van der Waals surface area contributed by atoms with Gasteiger partial charge in [-0.05, 0) is 59.9 Å². The minimum Gasteiger partial charge on any atom is -0.392 e. The summed E-state index contributed by atoms with van der Waals surface area (Å²) in [5.74, 6) is -0.984. The molecule has 1 aliphatic rings. The van der Waals surface area contributed by atoms with Crippen LogP contribution < -0.4 is 5.32 Å². The van der Waals surface area contributed by atoms with Crippen molar-refractivity contribution in [3.8, 4) is 11.1 Å². The normalized spacial score (nSPS) is 18.9. The molecule has 134 valence electrons. The molecule has 2 atom stereocenters. The molecule has 3 aromatic rings. The summed E-state index contributed by atoms with van der Waals surface area (Å²) in [6.07, 6.45) is 2.64. The maximum Gasteiger partial charge on any atom is 0.231 e. The van der Waals surface area contributed by atoms with Crippen LogP contribution in [0.4, 0.5) is 14.6 Å². The van der Waals surface area contributed by atoms with Crippen LogP contribution in [0, 0.1) is 18.7 Å². The van der Waals surface area contributed by atoms with Crippen LogP contribution in [0.2, 0.25) is 0 Å². The topological polar surface area (TPSA) is 66.6 Å². The van der Waals surface area contributed by atoms with Gasteiger partial charge in [0.05, 0.1) is 18.7 Å². The molecule has 2 aromatic heterocycles. The first kappa shape index (κ1) is 16.7. The number of imidazole rings is 1. The minimum atomic E-state index is -1.06. The summed E-state index contributed by atoms with van der Waals surface area (Å²) in [6.45, 7) is 1.51. The fraction of sp³-hybridized carbons (Fsp3) is 0.263. The first-order valence-electron chi connectivity index (χ1n) is 8.30. The molecule has 7 heteroatoms. The lowest BCUT2D eigenvalue weighted by Crippen LogP contribution is -2.15. The van der Waals surface area contributed by atoms with E-state index in [2.05, 4.69) is 10.3 Å². The van der Waals surface area contributed by atoms with Crippen LogP contribution in [-0.4, -0.2) is 26.6 Å². The fourth-order valence-electron chi connectivity index (χ4n) is 3.20. The lowest BCUT2D eigenvalue weighted by Gasteiger charge is -2.12. The zero-order chi connectivity index (χ0) is 18.4. The van der Waals surface area contributed by atoms with Crippen LogP contribution in [0.3, 0.4) is 0 Å². The molecule has 2 N–H and O–H groups in total. The Morgan fingerprint density at radius 3 is 2.85 bits per heavy atom. The Balaban J connectivity index is 1.69. The standard InChI is InChI=1S/C19H17F2N3O2/c1-10-4-13(20)5-12(9-25)18(10)11-2-3-17-22-16(8-24(17)7-11)23-19(26)14-6-15(14)21/h2-5,7-8,14-15,25H,6,9H2,1H3,(H,23,26). The molecule has 2 unspecified atom stereocenters. The Morgan fingerprint density at radius 2 is 2.15 bits per heavy atom. The van der Waals surface area contributed by atoms with Gasteiger partial charge in [-0.1, -0.05) is 0 Å². The van der Waals surface area contributed by atoms with Crippen LogP contribution in [0.25, 0.3) is 16.8 Å². The number of anilines is 1. The van der Waals surface area contributed by atoms with Gasteiger partial charge in [-0.2, -0.15) is 0 Å². The van der Waals surface area contributed by atoms with E-state index in [9.17, 15) is 18.7 Å². The van der Waals surface area contributed by atoms with Gasteiger partial charge in [-0.25, -0.2) is 13.8 Å². The SMILES string of the molecule is Cc1cc(F)cc(CO)c1-c1ccc2nc(NC(=O)C3CC3F)cn2c1. The molecule has 5 nitrogen and oxygen atoms in total. The number of amides is 1. The Bertz CT molecular complexity index is 1020. The molecule has 1 fully saturated rings. The highest BCUT2D eigenvalue weighted by Crippen LogP contribution is 2.35. The first-order chi connectivity index (χ1) is 12.5. The number of carbonyl (C=O) groups is 1. The number of nitrogens with one attached hydrogen (secondary N) is 1. The molecule has 0 spiro atoms. The lowest BCUT2D eigenvalue weighted by molar-refractivity contribution is -0.117. The molecular weight excluding hydrogens is 340 g/mol. The number of pyridine rings is 1. The van der Waals surface area contributed by atoms with Gasteiger partial charge >= 0.3 is 0 Å². The third kappa shape index (κ3) is 2.94. The van der Waals surface area contributed by atoms with E-state index < -0.39 is 17.9 Å². The van der Waals surface area contributed by atoms with E-state index in [4.69, 9.17) is 0 Å². The fourth-order valence-corrected chi connectivity index (χ4v) is 3.20. The molecule has 1 amide bonds. The second-order valence-corrected chi connectivity index (χ2v) is 6.57. The Labute approximate surface area is 148 Å². The van der Waals surface area contributed by atoms with Gasteiger partial charge in [-0.15, -0.1) is 0 Å². The van der Waals surface area contributed by atoms with Crippen LogP contribution in [0.15, 0.2) is 36.7 Å².